The minimum atomic E-state index is 0.487. The maximum absolute atomic E-state index is 6.00. The molecule has 1 N–H and O–H groups in total. The van der Waals surface area contributed by atoms with E-state index in [9.17, 15) is 0 Å². The van der Waals surface area contributed by atoms with Crippen LogP contribution in [0.25, 0.3) is 5.52 Å². The Kier molecular flexibility index (Phi) is 2.15. The quantitative estimate of drug-likeness (QED) is 0.802. The average Bonchev–Trinajstić information content (AvgIpc) is 2.88. The van der Waals surface area contributed by atoms with E-state index in [1.807, 2.05) is 10.6 Å². The molecule has 3 rings (SSSR count). The highest BCUT2D eigenvalue weighted by Gasteiger charge is 2.16. The molecule has 0 radical (unpaired) electrons. The van der Waals surface area contributed by atoms with Gasteiger partial charge in [0.05, 0.1) is 5.52 Å². The molecule has 4 heteroatoms. The van der Waals surface area contributed by atoms with Gasteiger partial charge in [-0.25, -0.2) is 4.98 Å². The highest BCUT2D eigenvalue weighted by Crippen LogP contribution is 2.25. The average molecular weight is 222 g/mol. The van der Waals surface area contributed by atoms with Gasteiger partial charge in [-0.1, -0.05) is 11.6 Å². The number of nitrogens with zero attached hydrogens (tertiary/aromatic N) is 2. The van der Waals surface area contributed by atoms with E-state index in [2.05, 4.69) is 22.4 Å². The van der Waals surface area contributed by atoms with Crippen LogP contribution in [0.15, 0.2) is 24.7 Å². The summed E-state index contributed by atoms with van der Waals surface area (Å²) in [5.41, 5.74) is 2.30. The maximum Gasteiger partial charge on any atom is 0.154 e. The van der Waals surface area contributed by atoms with Crippen molar-refractivity contribution in [2.24, 2.45) is 0 Å². The Bertz CT molecular complexity index is 486. The van der Waals surface area contributed by atoms with Crippen molar-refractivity contribution in [1.29, 1.82) is 0 Å². The molecule has 1 unspecified atom stereocenters. The van der Waals surface area contributed by atoms with Crippen molar-refractivity contribution in [3.63, 3.8) is 0 Å². The predicted molar refractivity (Wildman–Crippen MR) is 60.2 cm³/mol. The summed E-state index contributed by atoms with van der Waals surface area (Å²) in [6.45, 7) is 1.11. The lowest BCUT2D eigenvalue weighted by Gasteiger charge is -2.10. The van der Waals surface area contributed by atoms with Crippen LogP contribution >= 0.6 is 11.6 Å². The van der Waals surface area contributed by atoms with Gasteiger partial charge in [-0.15, -0.1) is 0 Å². The summed E-state index contributed by atoms with van der Waals surface area (Å²) in [6, 6.07) is 4.74. The first-order valence-electron chi connectivity index (χ1n) is 5.20. The molecule has 1 fully saturated rings. The number of halogens is 1. The molecule has 0 aromatic carbocycles. The lowest BCUT2D eigenvalue weighted by molar-refractivity contribution is 0.647. The van der Waals surface area contributed by atoms with Crippen LogP contribution in [0.5, 0.6) is 0 Å². The van der Waals surface area contributed by atoms with Crippen LogP contribution in [0.4, 0.5) is 0 Å². The van der Waals surface area contributed by atoms with E-state index in [4.69, 9.17) is 11.6 Å². The number of nitrogens with one attached hydrogen (secondary N) is 1. The molecule has 78 valence electrons. The Morgan fingerprint density at radius 1 is 1.53 bits per heavy atom. The summed E-state index contributed by atoms with van der Waals surface area (Å²) in [5.74, 6) is 0. The third kappa shape index (κ3) is 1.52. The molecule has 0 amide bonds. The van der Waals surface area contributed by atoms with Crippen molar-refractivity contribution in [2.45, 2.75) is 18.9 Å². The second-order valence-electron chi connectivity index (χ2n) is 3.94. The number of hydrogen-bond donors (Lipinski definition) is 1. The maximum atomic E-state index is 6.00. The standard InChI is InChI=1S/C11H12ClN3/c12-11-10-6-8(9-2-1-4-13-9)3-5-15(10)7-14-11/h3,5-7,9,13H,1-2,4H2. The molecule has 1 atom stereocenters. The minimum Gasteiger partial charge on any atom is -0.310 e. The first kappa shape index (κ1) is 9.19. The summed E-state index contributed by atoms with van der Waals surface area (Å²) >= 11 is 6.00. The normalized spacial score (nSPS) is 21.3. The van der Waals surface area contributed by atoms with Crippen LogP contribution in [0.3, 0.4) is 0 Å². The number of aromatic nitrogens is 2. The van der Waals surface area contributed by atoms with Crippen LogP contribution in [-0.2, 0) is 0 Å². The van der Waals surface area contributed by atoms with Crippen molar-refractivity contribution in [3.05, 3.63) is 35.4 Å². The van der Waals surface area contributed by atoms with Crippen LogP contribution in [0.1, 0.15) is 24.4 Å². The molecular formula is C11H12ClN3. The number of pyridine rings is 1. The summed E-state index contributed by atoms with van der Waals surface area (Å²) in [6.07, 6.45) is 6.22. The van der Waals surface area contributed by atoms with Gasteiger partial charge in [0.2, 0.25) is 0 Å². The summed E-state index contributed by atoms with van der Waals surface area (Å²) in [5, 5.41) is 4.06. The Hall–Kier alpha value is -1.06. The largest absolute Gasteiger partial charge is 0.310 e. The number of hydrogen-bond acceptors (Lipinski definition) is 2. The van der Waals surface area contributed by atoms with E-state index >= 15 is 0 Å². The van der Waals surface area contributed by atoms with E-state index < -0.39 is 0 Å². The minimum absolute atomic E-state index is 0.487. The topological polar surface area (TPSA) is 29.3 Å². The van der Waals surface area contributed by atoms with Crippen molar-refractivity contribution in [1.82, 2.24) is 14.7 Å². The highest BCUT2D eigenvalue weighted by atomic mass is 35.5. The number of fused-ring (bicyclic) bond motifs is 1. The molecule has 0 saturated carbocycles. The Morgan fingerprint density at radius 3 is 3.27 bits per heavy atom. The Balaban J connectivity index is 2.08. The van der Waals surface area contributed by atoms with Gasteiger partial charge < -0.3 is 9.72 Å². The molecule has 2 aromatic rings. The monoisotopic (exact) mass is 221 g/mol. The fourth-order valence-corrected chi connectivity index (χ4v) is 2.35. The van der Waals surface area contributed by atoms with Crippen molar-refractivity contribution < 1.29 is 0 Å². The highest BCUT2D eigenvalue weighted by molar-refractivity contribution is 6.32. The van der Waals surface area contributed by atoms with Gasteiger partial charge in [0, 0.05) is 12.2 Å². The van der Waals surface area contributed by atoms with Gasteiger partial charge >= 0.3 is 0 Å². The van der Waals surface area contributed by atoms with Crippen LogP contribution in [-0.4, -0.2) is 15.9 Å². The second kappa shape index (κ2) is 3.51. The van der Waals surface area contributed by atoms with Gasteiger partial charge in [0.1, 0.15) is 6.33 Å². The Morgan fingerprint density at radius 2 is 2.47 bits per heavy atom. The molecule has 1 aliphatic heterocycles. The molecule has 3 nitrogen and oxygen atoms in total. The van der Waals surface area contributed by atoms with Gasteiger partial charge in [0.25, 0.3) is 0 Å². The zero-order chi connectivity index (χ0) is 10.3. The van der Waals surface area contributed by atoms with Crippen LogP contribution in [0.2, 0.25) is 5.15 Å². The first-order valence-corrected chi connectivity index (χ1v) is 5.58. The smallest absolute Gasteiger partial charge is 0.154 e. The zero-order valence-corrected chi connectivity index (χ0v) is 9.04. The van der Waals surface area contributed by atoms with E-state index in [1.165, 1.54) is 18.4 Å². The van der Waals surface area contributed by atoms with Gasteiger partial charge in [-0.2, -0.15) is 0 Å². The summed E-state index contributed by atoms with van der Waals surface area (Å²) in [4.78, 5) is 4.07. The second-order valence-corrected chi connectivity index (χ2v) is 4.29. The summed E-state index contributed by atoms with van der Waals surface area (Å²) < 4.78 is 1.95. The van der Waals surface area contributed by atoms with Crippen molar-refractivity contribution in [2.75, 3.05) is 6.54 Å². The lowest BCUT2D eigenvalue weighted by atomic mass is 10.1. The molecule has 3 heterocycles. The predicted octanol–water partition coefficient (Wildman–Crippen LogP) is 2.41. The van der Waals surface area contributed by atoms with Gasteiger partial charge in [-0.3, -0.25) is 0 Å². The third-order valence-corrected chi connectivity index (χ3v) is 3.27. The fraction of sp³-hybridized carbons (Fsp3) is 0.364. The molecular weight excluding hydrogens is 210 g/mol. The lowest BCUT2D eigenvalue weighted by Crippen LogP contribution is -2.12. The third-order valence-electron chi connectivity index (χ3n) is 2.98. The Labute approximate surface area is 93.1 Å². The molecule has 1 aliphatic rings. The molecule has 2 aromatic heterocycles. The summed E-state index contributed by atoms with van der Waals surface area (Å²) in [7, 11) is 0. The van der Waals surface area contributed by atoms with E-state index in [0.29, 0.717) is 11.2 Å². The van der Waals surface area contributed by atoms with Crippen molar-refractivity contribution >= 4 is 17.1 Å². The number of rotatable bonds is 1. The first-order chi connectivity index (χ1) is 7.34. The molecule has 15 heavy (non-hydrogen) atoms. The molecule has 0 bridgehead atoms. The fourth-order valence-electron chi connectivity index (χ4n) is 2.16. The molecule has 0 spiro atoms. The zero-order valence-electron chi connectivity index (χ0n) is 8.28. The van der Waals surface area contributed by atoms with E-state index in [1.54, 1.807) is 6.33 Å². The van der Waals surface area contributed by atoms with Crippen molar-refractivity contribution in [3.8, 4) is 0 Å². The van der Waals surface area contributed by atoms with Crippen LogP contribution in [0, 0.1) is 0 Å². The molecule has 1 saturated heterocycles. The molecule has 0 aliphatic carbocycles. The number of imidazole rings is 1. The van der Waals surface area contributed by atoms with E-state index in [-0.39, 0.29) is 0 Å². The van der Waals surface area contributed by atoms with Gasteiger partial charge in [0.15, 0.2) is 5.15 Å². The van der Waals surface area contributed by atoms with Gasteiger partial charge in [-0.05, 0) is 37.1 Å². The van der Waals surface area contributed by atoms with Crippen LogP contribution < -0.4 is 5.32 Å². The SMILES string of the molecule is Clc1ncn2ccc(C3CCCN3)cc12. The van der Waals surface area contributed by atoms with E-state index in [0.717, 1.165) is 12.1 Å².